The Hall–Kier alpha value is -2.98. The normalized spacial score (nSPS) is 19.3. The van der Waals surface area contributed by atoms with Gasteiger partial charge in [0, 0.05) is 18.0 Å². The first-order chi connectivity index (χ1) is 13.6. The molecule has 0 aliphatic carbocycles. The Kier molecular flexibility index (Phi) is 4.97. The Bertz CT molecular complexity index is 984. The van der Waals surface area contributed by atoms with Gasteiger partial charge in [-0.3, -0.25) is 9.69 Å². The summed E-state index contributed by atoms with van der Waals surface area (Å²) < 4.78 is 18.9. The molecule has 2 aliphatic heterocycles. The number of methoxy groups -OCH3 is 1. The molecule has 0 saturated carbocycles. The Labute approximate surface area is 167 Å². The largest absolute Gasteiger partial charge is 0.497 e. The highest BCUT2D eigenvalue weighted by Crippen LogP contribution is 2.43. The van der Waals surface area contributed by atoms with Gasteiger partial charge in [0.1, 0.15) is 11.6 Å². The van der Waals surface area contributed by atoms with E-state index in [1.165, 1.54) is 23.9 Å². The zero-order chi connectivity index (χ0) is 19.7. The molecule has 2 aliphatic rings. The fraction of sp³-hybridized carbons (Fsp3) is 0.238. The lowest BCUT2D eigenvalue weighted by Crippen LogP contribution is -2.47. The molecule has 2 aromatic rings. The van der Waals surface area contributed by atoms with E-state index >= 15 is 0 Å². The molecule has 1 fully saturated rings. The third-order valence-corrected chi connectivity index (χ3v) is 6.14. The first-order valence-electron chi connectivity index (χ1n) is 8.82. The van der Waals surface area contributed by atoms with Crippen molar-refractivity contribution < 1.29 is 13.9 Å². The van der Waals surface area contributed by atoms with Gasteiger partial charge in [0.25, 0.3) is 0 Å². The average Bonchev–Trinajstić information content (AvgIpc) is 2.73. The summed E-state index contributed by atoms with van der Waals surface area (Å²) in [7, 11) is 1.62. The maximum atomic E-state index is 13.7. The zero-order valence-corrected chi connectivity index (χ0v) is 16.1. The molecule has 1 saturated heterocycles. The van der Waals surface area contributed by atoms with Gasteiger partial charge in [0.2, 0.25) is 5.91 Å². The summed E-state index contributed by atoms with van der Waals surface area (Å²) in [5.41, 5.74) is 2.17. The molecular weight excluding hydrogens is 377 g/mol. The van der Waals surface area contributed by atoms with E-state index in [0.29, 0.717) is 28.7 Å². The van der Waals surface area contributed by atoms with Crippen molar-refractivity contribution in [3.63, 3.8) is 0 Å². The number of allylic oxidation sites excluding steroid dienone is 1. The predicted octanol–water partition coefficient (Wildman–Crippen LogP) is 4.05. The van der Waals surface area contributed by atoms with Gasteiger partial charge < -0.3 is 9.64 Å². The third-order valence-electron chi connectivity index (χ3n) is 4.98. The molecule has 0 aromatic heterocycles. The van der Waals surface area contributed by atoms with E-state index in [2.05, 4.69) is 11.0 Å². The third kappa shape index (κ3) is 3.32. The van der Waals surface area contributed by atoms with E-state index in [0.717, 1.165) is 11.4 Å². The minimum absolute atomic E-state index is 0.0611. The van der Waals surface area contributed by atoms with Crippen molar-refractivity contribution in [1.82, 2.24) is 4.90 Å². The number of halogens is 1. The molecule has 2 aromatic carbocycles. The van der Waals surface area contributed by atoms with Crippen molar-refractivity contribution in [2.24, 2.45) is 0 Å². The van der Waals surface area contributed by atoms with Gasteiger partial charge in [-0.2, -0.15) is 5.26 Å². The van der Waals surface area contributed by atoms with Gasteiger partial charge in [-0.25, -0.2) is 4.39 Å². The van der Waals surface area contributed by atoms with Gasteiger partial charge in [0.05, 0.1) is 36.3 Å². The van der Waals surface area contributed by atoms with Crippen LogP contribution in [-0.4, -0.2) is 30.5 Å². The zero-order valence-electron chi connectivity index (χ0n) is 15.3. The van der Waals surface area contributed by atoms with Gasteiger partial charge in [0.15, 0.2) is 0 Å². The number of hydrogen-bond donors (Lipinski definition) is 0. The molecule has 1 amide bonds. The summed E-state index contributed by atoms with van der Waals surface area (Å²) in [6.45, 7) is 0.383. The number of benzene rings is 2. The van der Waals surface area contributed by atoms with Gasteiger partial charge >= 0.3 is 0 Å². The van der Waals surface area contributed by atoms with Crippen LogP contribution in [-0.2, 0) is 4.79 Å². The fourth-order valence-corrected chi connectivity index (χ4v) is 4.69. The molecule has 1 atom stereocenters. The summed E-state index contributed by atoms with van der Waals surface area (Å²) in [5, 5.41) is 10.5. The Morgan fingerprint density at radius 2 is 2.04 bits per heavy atom. The van der Waals surface area contributed by atoms with Crippen molar-refractivity contribution in [2.45, 2.75) is 12.3 Å². The van der Waals surface area contributed by atoms with Crippen molar-refractivity contribution >= 4 is 23.4 Å². The fourth-order valence-electron chi connectivity index (χ4n) is 3.53. The minimum Gasteiger partial charge on any atom is -0.497 e. The first-order valence-corrected chi connectivity index (χ1v) is 9.81. The number of thioether (sulfide) groups is 1. The summed E-state index contributed by atoms with van der Waals surface area (Å²) in [6.07, 6.45) is 0.160. The van der Waals surface area contributed by atoms with Gasteiger partial charge in [-0.1, -0.05) is 23.9 Å². The number of anilines is 1. The Balaban J connectivity index is 1.64. The Morgan fingerprint density at radius 3 is 2.71 bits per heavy atom. The van der Waals surface area contributed by atoms with Crippen LogP contribution < -0.4 is 9.64 Å². The molecule has 0 N–H and O–H groups in total. The number of amides is 1. The highest BCUT2D eigenvalue weighted by molar-refractivity contribution is 8.03. The molecule has 4 rings (SSSR count). The molecule has 2 heterocycles. The maximum absolute atomic E-state index is 13.7. The van der Waals surface area contributed by atoms with Crippen LogP contribution in [0.15, 0.2) is 59.1 Å². The summed E-state index contributed by atoms with van der Waals surface area (Å²) in [6, 6.07) is 16.1. The molecule has 0 radical (unpaired) electrons. The van der Waals surface area contributed by atoms with Crippen LogP contribution >= 0.6 is 11.8 Å². The van der Waals surface area contributed by atoms with E-state index in [-0.39, 0.29) is 18.1 Å². The second-order valence-corrected chi connectivity index (χ2v) is 7.55. The number of carbonyl (C=O) groups excluding carboxylic acids is 1. The number of carbonyl (C=O) groups is 1. The van der Waals surface area contributed by atoms with E-state index in [1.807, 2.05) is 24.3 Å². The summed E-state index contributed by atoms with van der Waals surface area (Å²) in [5.74, 6) is 0.560. The molecule has 142 valence electrons. The first kappa shape index (κ1) is 18.4. The van der Waals surface area contributed by atoms with Crippen LogP contribution in [0.1, 0.15) is 17.9 Å². The highest BCUT2D eigenvalue weighted by atomic mass is 32.2. The quantitative estimate of drug-likeness (QED) is 0.785. The number of nitrogens with zero attached hydrogens (tertiary/aromatic N) is 3. The molecule has 5 nitrogen and oxygen atoms in total. The average molecular weight is 395 g/mol. The topological polar surface area (TPSA) is 56.6 Å². The predicted molar refractivity (Wildman–Crippen MR) is 106 cm³/mol. The van der Waals surface area contributed by atoms with Gasteiger partial charge in [-0.05, 0) is 42.0 Å². The number of hydrogen-bond acceptors (Lipinski definition) is 5. The molecule has 0 unspecified atom stereocenters. The second kappa shape index (κ2) is 7.56. The number of rotatable bonds is 3. The van der Waals surface area contributed by atoms with E-state index in [9.17, 15) is 14.4 Å². The van der Waals surface area contributed by atoms with Crippen molar-refractivity contribution in [3.05, 3.63) is 70.5 Å². The van der Waals surface area contributed by atoms with E-state index in [4.69, 9.17) is 4.74 Å². The lowest BCUT2D eigenvalue weighted by atomic mass is 9.86. The van der Waals surface area contributed by atoms with Gasteiger partial charge in [-0.15, -0.1) is 0 Å². The van der Waals surface area contributed by atoms with Crippen molar-refractivity contribution in [2.75, 3.05) is 24.6 Å². The lowest BCUT2D eigenvalue weighted by molar-refractivity contribution is -0.129. The number of fused-ring (bicyclic) bond motifs is 1. The SMILES string of the molecule is COc1ccc(N2CSC3=C(C#N)[C@@H](c4cccc(F)c4)CC(=O)N3C2)cc1. The standard InChI is InChI=1S/C21H18FN3O2S/c1-27-17-7-5-16(6-8-17)24-12-25-20(26)10-18(14-3-2-4-15(22)9-14)19(11-23)21(25)28-13-24/h2-9,18H,10,12-13H2,1H3/t18-/m1/s1. The van der Waals surface area contributed by atoms with Crippen LogP contribution in [0, 0.1) is 17.1 Å². The van der Waals surface area contributed by atoms with Crippen LogP contribution in [0.2, 0.25) is 0 Å². The number of ether oxygens (including phenoxy) is 1. The smallest absolute Gasteiger partial charge is 0.229 e. The number of nitriles is 1. The van der Waals surface area contributed by atoms with Crippen LogP contribution in [0.4, 0.5) is 10.1 Å². The van der Waals surface area contributed by atoms with Crippen LogP contribution in [0.25, 0.3) is 0 Å². The molecule has 28 heavy (non-hydrogen) atoms. The highest BCUT2D eigenvalue weighted by Gasteiger charge is 2.38. The molecular formula is C21H18FN3O2S. The summed E-state index contributed by atoms with van der Waals surface area (Å²) >= 11 is 1.46. The molecule has 0 spiro atoms. The Morgan fingerprint density at radius 1 is 1.25 bits per heavy atom. The van der Waals surface area contributed by atoms with Crippen LogP contribution in [0.3, 0.4) is 0 Å². The minimum atomic E-state index is -0.403. The van der Waals surface area contributed by atoms with E-state index in [1.54, 1.807) is 24.1 Å². The van der Waals surface area contributed by atoms with E-state index < -0.39 is 5.92 Å². The second-order valence-electron chi connectivity index (χ2n) is 6.62. The lowest BCUT2D eigenvalue weighted by Gasteiger charge is -2.42. The van der Waals surface area contributed by atoms with Crippen molar-refractivity contribution in [1.29, 1.82) is 5.26 Å². The maximum Gasteiger partial charge on any atom is 0.229 e. The summed E-state index contributed by atoms with van der Waals surface area (Å²) in [4.78, 5) is 16.6. The van der Waals surface area contributed by atoms with Crippen LogP contribution in [0.5, 0.6) is 5.75 Å². The molecule has 0 bridgehead atoms. The molecule has 7 heteroatoms. The monoisotopic (exact) mass is 395 g/mol. The van der Waals surface area contributed by atoms with Crippen molar-refractivity contribution in [3.8, 4) is 11.8 Å².